The summed E-state index contributed by atoms with van der Waals surface area (Å²) in [7, 11) is 0. The van der Waals surface area contributed by atoms with E-state index in [2.05, 4.69) is 0 Å². The van der Waals surface area contributed by atoms with Crippen LogP contribution in [0.1, 0.15) is 17.3 Å². The lowest BCUT2D eigenvalue weighted by atomic mass is 10.0. The van der Waals surface area contributed by atoms with Crippen LogP contribution in [-0.4, -0.2) is 17.5 Å². The third kappa shape index (κ3) is 2.20. The minimum absolute atomic E-state index is 0.0206. The van der Waals surface area contributed by atoms with Crippen LogP contribution >= 0.6 is 0 Å². The van der Waals surface area contributed by atoms with E-state index in [9.17, 15) is 14.9 Å². The zero-order valence-electron chi connectivity index (χ0n) is 10.3. The van der Waals surface area contributed by atoms with E-state index in [1.54, 1.807) is 31.2 Å². The first kappa shape index (κ1) is 12.8. The largest absolute Gasteiger partial charge is 0.462 e. The van der Waals surface area contributed by atoms with Crippen LogP contribution < -0.4 is 5.73 Å². The van der Waals surface area contributed by atoms with Crippen molar-refractivity contribution in [2.45, 2.75) is 6.92 Å². The number of nitrogens with two attached hydrogens (primary N) is 1. The summed E-state index contributed by atoms with van der Waals surface area (Å²) in [5.74, 6) is -0.658. The van der Waals surface area contributed by atoms with Gasteiger partial charge >= 0.3 is 11.7 Å². The Labute approximate surface area is 108 Å². The first-order chi connectivity index (χ1) is 9.06. The predicted octanol–water partition coefficient (Wildman–Crippen LogP) is 2.51. The maximum absolute atomic E-state index is 11.8. The Hall–Kier alpha value is -2.63. The first-order valence-corrected chi connectivity index (χ1v) is 5.69. The van der Waals surface area contributed by atoms with Gasteiger partial charge in [0.15, 0.2) is 0 Å². The van der Waals surface area contributed by atoms with Crippen LogP contribution in [0.25, 0.3) is 10.8 Å². The summed E-state index contributed by atoms with van der Waals surface area (Å²) in [4.78, 5) is 22.3. The van der Waals surface area contributed by atoms with Crippen LogP contribution in [0.3, 0.4) is 0 Å². The number of benzene rings is 2. The van der Waals surface area contributed by atoms with Gasteiger partial charge in [-0.2, -0.15) is 0 Å². The molecule has 0 aromatic heterocycles. The lowest BCUT2D eigenvalue weighted by Crippen LogP contribution is -2.10. The average Bonchev–Trinajstić information content (AvgIpc) is 2.37. The molecule has 0 saturated carbocycles. The summed E-state index contributed by atoms with van der Waals surface area (Å²) in [6.07, 6.45) is 0. The molecule has 0 radical (unpaired) electrons. The quantitative estimate of drug-likeness (QED) is 0.396. The molecular formula is C13H12N2O4. The molecule has 0 aliphatic heterocycles. The SMILES string of the molecule is CCOC(=O)c1cc2ccccc2c([N+](=O)[O-])c1N. The molecule has 0 bridgehead atoms. The van der Waals surface area contributed by atoms with Gasteiger partial charge in [-0.3, -0.25) is 10.1 Å². The molecule has 6 heteroatoms. The van der Waals surface area contributed by atoms with Gasteiger partial charge < -0.3 is 10.5 Å². The maximum Gasteiger partial charge on any atom is 0.340 e. The van der Waals surface area contributed by atoms with Crippen LogP contribution in [0.15, 0.2) is 30.3 Å². The van der Waals surface area contributed by atoms with Gasteiger partial charge in [-0.1, -0.05) is 18.2 Å². The minimum Gasteiger partial charge on any atom is -0.462 e. The smallest absolute Gasteiger partial charge is 0.340 e. The van der Waals surface area contributed by atoms with Crippen molar-refractivity contribution in [2.75, 3.05) is 12.3 Å². The number of fused-ring (bicyclic) bond motifs is 1. The first-order valence-electron chi connectivity index (χ1n) is 5.69. The lowest BCUT2D eigenvalue weighted by molar-refractivity contribution is -0.382. The summed E-state index contributed by atoms with van der Waals surface area (Å²) in [6.45, 7) is 1.84. The molecule has 0 unspecified atom stereocenters. The number of hydrogen-bond donors (Lipinski definition) is 1. The number of nitro groups is 1. The highest BCUT2D eigenvalue weighted by atomic mass is 16.6. The van der Waals surface area contributed by atoms with Crippen LogP contribution in [0, 0.1) is 10.1 Å². The summed E-state index contributed by atoms with van der Waals surface area (Å²) in [5.41, 5.74) is 5.33. The van der Waals surface area contributed by atoms with Gasteiger partial charge in [0.25, 0.3) is 0 Å². The lowest BCUT2D eigenvalue weighted by Gasteiger charge is -2.08. The third-order valence-electron chi connectivity index (χ3n) is 2.74. The normalized spacial score (nSPS) is 10.4. The molecule has 2 aromatic carbocycles. The van der Waals surface area contributed by atoms with Gasteiger partial charge in [0.1, 0.15) is 5.69 Å². The highest BCUT2D eigenvalue weighted by Gasteiger charge is 2.24. The number of carbonyl (C=O) groups excluding carboxylic acids is 1. The fourth-order valence-electron chi connectivity index (χ4n) is 1.92. The predicted molar refractivity (Wildman–Crippen MR) is 71.0 cm³/mol. The van der Waals surface area contributed by atoms with E-state index < -0.39 is 10.9 Å². The number of anilines is 1. The highest BCUT2D eigenvalue weighted by molar-refractivity contribution is 6.07. The van der Waals surface area contributed by atoms with E-state index in [0.717, 1.165) is 0 Å². The molecule has 0 atom stereocenters. The van der Waals surface area contributed by atoms with E-state index in [4.69, 9.17) is 10.5 Å². The topological polar surface area (TPSA) is 95.5 Å². The highest BCUT2D eigenvalue weighted by Crippen LogP contribution is 2.34. The molecule has 0 amide bonds. The molecule has 0 saturated heterocycles. The van der Waals surface area contributed by atoms with E-state index in [1.807, 2.05) is 0 Å². The van der Waals surface area contributed by atoms with Gasteiger partial charge in [0.05, 0.1) is 22.5 Å². The van der Waals surface area contributed by atoms with Crippen molar-refractivity contribution < 1.29 is 14.5 Å². The standard InChI is InChI=1S/C13H12N2O4/c1-2-19-13(16)10-7-8-5-3-4-6-9(8)12(11(10)14)15(17)18/h3-7H,2,14H2,1H3. The number of ether oxygens (including phenoxy) is 1. The van der Waals surface area contributed by atoms with E-state index in [0.29, 0.717) is 10.8 Å². The van der Waals surface area contributed by atoms with Crippen LogP contribution in [0.2, 0.25) is 0 Å². The number of carbonyl (C=O) groups is 1. The summed E-state index contributed by atoms with van der Waals surface area (Å²) in [6, 6.07) is 8.20. The van der Waals surface area contributed by atoms with Crippen molar-refractivity contribution in [2.24, 2.45) is 0 Å². The zero-order valence-corrected chi connectivity index (χ0v) is 10.3. The second-order valence-corrected chi connectivity index (χ2v) is 3.89. The molecule has 0 heterocycles. The maximum atomic E-state index is 11.8. The van der Waals surface area contributed by atoms with Crippen molar-refractivity contribution in [3.8, 4) is 0 Å². The second kappa shape index (κ2) is 4.93. The Bertz CT molecular complexity index is 667. The fourth-order valence-corrected chi connectivity index (χ4v) is 1.92. The molecule has 2 rings (SSSR count). The van der Waals surface area contributed by atoms with Crippen molar-refractivity contribution in [3.63, 3.8) is 0 Å². The van der Waals surface area contributed by atoms with Crippen molar-refractivity contribution in [1.29, 1.82) is 0 Å². The van der Waals surface area contributed by atoms with Gasteiger partial charge in [-0.25, -0.2) is 4.79 Å². The molecule has 0 fully saturated rings. The number of nitro benzene ring substituents is 1. The molecule has 6 nitrogen and oxygen atoms in total. The summed E-state index contributed by atoms with van der Waals surface area (Å²) < 4.78 is 4.85. The Kier molecular flexibility index (Phi) is 3.33. The Morgan fingerprint density at radius 2 is 2.11 bits per heavy atom. The van der Waals surface area contributed by atoms with E-state index in [-0.39, 0.29) is 23.5 Å². The third-order valence-corrected chi connectivity index (χ3v) is 2.74. The van der Waals surface area contributed by atoms with Crippen molar-refractivity contribution >= 4 is 28.1 Å². The van der Waals surface area contributed by atoms with Gasteiger partial charge in [0, 0.05) is 0 Å². The monoisotopic (exact) mass is 260 g/mol. The summed E-state index contributed by atoms with van der Waals surface area (Å²) in [5, 5.41) is 12.1. The van der Waals surface area contributed by atoms with Crippen LogP contribution in [-0.2, 0) is 4.74 Å². The number of esters is 1. The summed E-state index contributed by atoms with van der Waals surface area (Å²) >= 11 is 0. The second-order valence-electron chi connectivity index (χ2n) is 3.89. The van der Waals surface area contributed by atoms with Gasteiger partial charge in [0.2, 0.25) is 0 Å². The Balaban J connectivity index is 2.77. The average molecular weight is 260 g/mol. The van der Waals surface area contributed by atoms with Crippen molar-refractivity contribution in [3.05, 3.63) is 46.0 Å². The van der Waals surface area contributed by atoms with Crippen LogP contribution in [0.5, 0.6) is 0 Å². The molecular weight excluding hydrogens is 248 g/mol. The minimum atomic E-state index is -0.658. The molecule has 98 valence electrons. The Morgan fingerprint density at radius 1 is 1.42 bits per heavy atom. The van der Waals surface area contributed by atoms with Crippen molar-refractivity contribution in [1.82, 2.24) is 0 Å². The zero-order chi connectivity index (χ0) is 14.0. The Morgan fingerprint density at radius 3 is 2.74 bits per heavy atom. The van der Waals surface area contributed by atoms with E-state index >= 15 is 0 Å². The molecule has 0 aliphatic carbocycles. The number of nitrogens with zero attached hydrogens (tertiary/aromatic N) is 1. The molecule has 2 aromatic rings. The number of nitrogen functional groups attached to an aromatic ring is 1. The fraction of sp³-hybridized carbons (Fsp3) is 0.154. The molecule has 0 aliphatic rings. The number of rotatable bonds is 3. The number of hydrogen-bond acceptors (Lipinski definition) is 5. The van der Waals surface area contributed by atoms with Crippen LogP contribution in [0.4, 0.5) is 11.4 Å². The molecule has 19 heavy (non-hydrogen) atoms. The van der Waals surface area contributed by atoms with Gasteiger partial charge in [-0.15, -0.1) is 0 Å². The van der Waals surface area contributed by atoms with E-state index in [1.165, 1.54) is 6.07 Å². The van der Waals surface area contributed by atoms with Gasteiger partial charge in [-0.05, 0) is 24.4 Å². The molecule has 2 N–H and O–H groups in total. The molecule has 0 spiro atoms.